The van der Waals surface area contributed by atoms with Crippen LogP contribution in [0.1, 0.15) is 18.3 Å². The van der Waals surface area contributed by atoms with Crippen LogP contribution >= 0.6 is 0 Å². The van der Waals surface area contributed by atoms with Crippen molar-refractivity contribution in [1.82, 2.24) is 14.9 Å². The molecule has 0 aliphatic carbocycles. The van der Waals surface area contributed by atoms with E-state index in [-0.39, 0.29) is 24.1 Å². The SMILES string of the molecule is Cc1nc2ccccc2c(=O)n1CC(=O)NC(C)Cc1c(F)cccc1F. The van der Waals surface area contributed by atoms with E-state index in [1.807, 2.05) is 0 Å². The lowest BCUT2D eigenvalue weighted by Crippen LogP contribution is -2.39. The summed E-state index contributed by atoms with van der Waals surface area (Å²) in [6.07, 6.45) is 0.00803. The van der Waals surface area contributed by atoms with Crippen LogP contribution in [0.15, 0.2) is 47.3 Å². The van der Waals surface area contributed by atoms with Crippen LogP contribution in [0, 0.1) is 18.6 Å². The molecule has 3 rings (SSSR count). The van der Waals surface area contributed by atoms with Crippen molar-refractivity contribution in [3.63, 3.8) is 0 Å². The molecule has 3 aromatic rings. The summed E-state index contributed by atoms with van der Waals surface area (Å²) in [5.41, 5.74) is 0.187. The average molecular weight is 371 g/mol. The molecule has 0 saturated heterocycles. The second-order valence-electron chi connectivity index (χ2n) is 6.44. The molecule has 0 spiro atoms. The molecule has 27 heavy (non-hydrogen) atoms. The highest BCUT2D eigenvalue weighted by molar-refractivity contribution is 5.79. The molecule has 2 aromatic carbocycles. The van der Waals surface area contributed by atoms with Gasteiger partial charge in [0.2, 0.25) is 5.91 Å². The summed E-state index contributed by atoms with van der Waals surface area (Å²) in [6.45, 7) is 3.09. The van der Waals surface area contributed by atoms with Gasteiger partial charge in [0, 0.05) is 11.6 Å². The highest BCUT2D eigenvalue weighted by Crippen LogP contribution is 2.14. The van der Waals surface area contributed by atoms with Gasteiger partial charge in [0.1, 0.15) is 24.0 Å². The van der Waals surface area contributed by atoms with E-state index in [1.165, 1.54) is 22.8 Å². The Morgan fingerprint density at radius 2 is 1.81 bits per heavy atom. The van der Waals surface area contributed by atoms with Gasteiger partial charge in [0.15, 0.2) is 0 Å². The van der Waals surface area contributed by atoms with Gasteiger partial charge in [0.05, 0.1) is 10.9 Å². The largest absolute Gasteiger partial charge is 0.352 e. The summed E-state index contributed by atoms with van der Waals surface area (Å²) in [6, 6.07) is 10.0. The minimum Gasteiger partial charge on any atom is -0.352 e. The Labute approximate surface area is 154 Å². The topological polar surface area (TPSA) is 64.0 Å². The zero-order valence-corrected chi connectivity index (χ0v) is 15.0. The van der Waals surface area contributed by atoms with Crippen molar-refractivity contribution in [3.05, 3.63) is 75.8 Å². The van der Waals surface area contributed by atoms with Crippen LogP contribution in [-0.4, -0.2) is 21.5 Å². The Hall–Kier alpha value is -3.09. The molecule has 1 unspecified atom stereocenters. The molecule has 0 aliphatic rings. The molecule has 5 nitrogen and oxygen atoms in total. The van der Waals surface area contributed by atoms with Crippen LogP contribution in [0.3, 0.4) is 0 Å². The number of carbonyl (C=O) groups excluding carboxylic acids is 1. The Morgan fingerprint density at radius 1 is 1.15 bits per heavy atom. The van der Waals surface area contributed by atoms with E-state index in [4.69, 9.17) is 0 Å². The van der Waals surface area contributed by atoms with Crippen molar-refractivity contribution in [2.24, 2.45) is 0 Å². The fourth-order valence-electron chi connectivity index (χ4n) is 3.01. The molecule has 7 heteroatoms. The van der Waals surface area contributed by atoms with Crippen molar-refractivity contribution >= 4 is 16.8 Å². The van der Waals surface area contributed by atoms with E-state index in [0.29, 0.717) is 16.7 Å². The minimum atomic E-state index is -0.651. The minimum absolute atomic E-state index is 0.00803. The third-order valence-corrected chi connectivity index (χ3v) is 4.33. The monoisotopic (exact) mass is 371 g/mol. The van der Waals surface area contributed by atoms with Gasteiger partial charge in [-0.05, 0) is 44.5 Å². The van der Waals surface area contributed by atoms with Gasteiger partial charge >= 0.3 is 0 Å². The number of para-hydroxylation sites is 1. The predicted molar refractivity (Wildman–Crippen MR) is 98.4 cm³/mol. The number of fused-ring (bicyclic) bond motifs is 1. The zero-order valence-electron chi connectivity index (χ0n) is 15.0. The molecule has 0 aliphatic heterocycles. The van der Waals surface area contributed by atoms with Crippen LogP contribution < -0.4 is 10.9 Å². The van der Waals surface area contributed by atoms with E-state index >= 15 is 0 Å². The quantitative estimate of drug-likeness (QED) is 0.750. The number of rotatable bonds is 5. The fourth-order valence-corrected chi connectivity index (χ4v) is 3.01. The van der Waals surface area contributed by atoms with Gasteiger partial charge in [-0.15, -0.1) is 0 Å². The highest BCUT2D eigenvalue weighted by Gasteiger charge is 2.16. The van der Waals surface area contributed by atoms with E-state index in [0.717, 1.165) is 0 Å². The number of amides is 1. The van der Waals surface area contributed by atoms with E-state index < -0.39 is 23.6 Å². The van der Waals surface area contributed by atoms with Crippen LogP contribution in [-0.2, 0) is 17.8 Å². The molecule has 1 N–H and O–H groups in total. The van der Waals surface area contributed by atoms with E-state index in [1.54, 1.807) is 38.1 Å². The first kappa shape index (κ1) is 18.7. The summed E-state index contributed by atoms with van der Waals surface area (Å²) in [7, 11) is 0. The van der Waals surface area contributed by atoms with Crippen molar-refractivity contribution in [3.8, 4) is 0 Å². The molecule has 140 valence electrons. The Morgan fingerprint density at radius 3 is 2.52 bits per heavy atom. The maximum atomic E-state index is 13.7. The van der Waals surface area contributed by atoms with Crippen molar-refractivity contribution < 1.29 is 13.6 Å². The number of aryl methyl sites for hydroxylation is 1. The van der Waals surface area contributed by atoms with Gasteiger partial charge < -0.3 is 5.32 Å². The summed E-state index contributed by atoms with van der Waals surface area (Å²) in [5, 5.41) is 3.10. The maximum absolute atomic E-state index is 13.7. The normalized spacial score (nSPS) is 12.1. The molecule has 0 radical (unpaired) electrons. The number of nitrogens with zero attached hydrogens (tertiary/aromatic N) is 2. The Bertz CT molecular complexity index is 1040. The number of hydrogen-bond acceptors (Lipinski definition) is 3. The number of carbonyl (C=O) groups is 1. The second-order valence-corrected chi connectivity index (χ2v) is 6.44. The van der Waals surface area contributed by atoms with Crippen molar-refractivity contribution in [2.45, 2.75) is 32.9 Å². The summed E-state index contributed by atoms with van der Waals surface area (Å²) in [5.74, 6) is -1.31. The average Bonchev–Trinajstić information content (AvgIpc) is 2.62. The number of aromatic nitrogens is 2. The Kier molecular flexibility index (Phi) is 5.30. The third kappa shape index (κ3) is 4.02. The van der Waals surface area contributed by atoms with E-state index in [9.17, 15) is 18.4 Å². The van der Waals surface area contributed by atoms with Crippen LogP contribution in [0.2, 0.25) is 0 Å². The van der Waals surface area contributed by atoms with Crippen molar-refractivity contribution in [1.29, 1.82) is 0 Å². The zero-order chi connectivity index (χ0) is 19.6. The smallest absolute Gasteiger partial charge is 0.261 e. The first-order valence-corrected chi connectivity index (χ1v) is 8.55. The summed E-state index contributed by atoms with van der Waals surface area (Å²) >= 11 is 0. The van der Waals surface area contributed by atoms with Crippen LogP contribution in [0.5, 0.6) is 0 Å². The first-order valence-electron chi connectivity index (χ1n) is 8.55. The fraction of sp³-hybridized carbons (Fsp3) is 0.250. The van der Waals surface area contributed by atoms with Gasteiger partial charge in [-0.3, -0.25) is 14.2 Å². The molecule has 0 saturated carbocycles. The van der Waals surface area contributed by atoms with Crippen LogP contribution in [0.25, 0.3) is 10.9 Å². The lowest BCUT2D eigenvalue weighted by Gasteiger charge is -2.16. The van der Waals surface area contributed by atoms with Gasteiger partial charge in [-0.25, -0.2) is 13.8 Å². The highest BCUT2D eigenvalue weighted by atomic mass is 19.1. The number of benzene rings is 2. The molecular formula is C20H19F2N3O2. The molecule has 0 bridgehead atoms. The number of nitrogens with one attached hydrogen (secondary N) is 1. The number of hydrogen-bond donors (Lipinski definition) is 1. The first-order chi connectivity index (χ1) is 12.9. The molecule has 1 heterocycles. The van der Waals surface area contributed by atoms with Gasteiger partial charge in [0.25, 0.3) is 5.56 Å². The summed E-state index contributed by atoms with van der Waals surface area (Å²) in [4.78, 5) is 29.3. The van der Waals surface area contributed by atoms with Gasteiger partial charge in [-0.2, -0.15) is 0 Å². The predicted octanol–water partition coefficient (Wildman–Crippen LogP) is 2.73. The molecular weight excluding hydrogens is 352 g/mol. The van der Waals surface area contributed by atoms with Crippen molar-refractivity contribution in [2.75, 3.05) is 0 Å². The van der Waals surface area contributed by atoms with E-state index in [2.05, 4.69) is 10.3 Å². The molecule has 1 amide bonds. The Balaban J connectivity index is 1.74. The number of halogens is 2. The van der Waals surface area contributed by atoms with Crippen LogP contribution in [0.4, 0.5) is 8.78 Å². The molecule has 1 atom stereocenters. The molecule has 1 aromatic heterocycles. The maximum Gasteiger partial charge on any atom is 0.261 e. The standard InChI is InChI=1S/C20H19F2N3O2/c1-12(10-15-16(21)7-5-8-17(15)22)23-19(26)11-25-13(2)24-18-9-4-3-6-14(18)20(25)27/h3-9,12H,10-11H2,1-2H3,(H,23,26). The van der Waals surface area contributed by atoms with Gasteiger partial charge in [-0.1, -0.05) is 18.2 Å². The third-order valence-electron chi connectivity index (χ3n) is 4.33. The lowest BCUT2D eigenvalue weighted by molar-refractivity contribution is -0.122. The summed E-state index contributed by atoms with van der Waals surface area (Å²) < 4.78 is 28.8. The second kappa shape index (κ2) is 7.65. The molecule has 0 fully saturated rings. The lowest BCUT2D eigenvalue weighted by atomic mass is 10.1.